The molecule has 0 saturated carbocycles. The van der Waals surface area contributed by atoms with Crippen molar-refractivity contribution in [3.63, 3.8) is 0 Å². The van der Waals surface area contributed by atoms with Crippen molar-refractivity contribution in [2.75, 3.05) is 5.32 Å². The number of ether oxygens (including phenoxy) is 1. The van der Waals surface area contributed by atoms with Crippen LogP contribution in [0.2, 0.25) is 5.02 Å². The van der Waals surface area contributed by atoms with Crippen LogP contribution >= 0.6 is 22.9 Å². The lowest BCUT2D eigenvalue weighted by Gasteiger charge is -2.17. The summed E-state index contributed by atoms with van der Waals surface area (Å²) in [5, 5.41) is 10.4. The Balaban J connectivity index is 1.35. The highest BCUT2D eigenvalue weighted by molar-refractivity contribution is 7.20. The number of H-pyrrole nitrogens is 1. The van der Waals surface area contributed by atoms with E-state index < -0.39 is 0 Å². The molecule has 2 N–H and O–H groups in total. The van der Waals surface area contributed by atoms with Crippen LogP contribution in [0, 0.1) is 17.7 Å². The summed E-state index contributed by atoms with van der Waals surface area (Å²) < 4.78 is 20.3. The van der Waals surface area contributed by atoms with E-state index in [1.165, 1.54) is 29.8 Å². The molecule has 0 spiro atoms. The lowest BCUT2D eigenvalue weighted by Crippen LogP contribution is -2.04. The topological polar surface area (TPSA) is 75.7 Å². The quantitative estimate of drug-likeness (QED) is 0.276. The molecule has 6 nitrogen and oxygen atoms in total. The minimum absolute atomic E-state index is 0.307. The Morgan fingerprint density at radius 1 is 1.15 bits per heavy atom. The van der Waals surface area contributed by atoms with Crippen LogP contribution in [0.1, 0.15) is 29.0 Å². The second-order valence-corrected chi connectivity index (χ2v) is 8.83. The Kier molecular flexibility index (Phi) is 6.12. The monoisotopic (exact) mass is 489 g/mol. The maximum Gasteiger partial charge on any atom is 0.151 e. The van der Waals surface area contributed by atoms with Crippen LogP contribution < -0.4 is 10.1 Å². The zero-order chi connectivity index (χ0) is 23.5. The second kappa shape index (κ2) is 9.51. The van der Waals surface area contributed by atoms with E-state index in [1.54, 1.807) is 30.6 Å². The molecule has 5 aromatic rings. The summed E-state index contributed by atoms with van der Waals surface area (Å²) in [6, 6.07) is 13.6. The van der Waals surface area contributed by atoms with E-state index in [4.69, 9.17) is 16.3 Å². The number of hydrogen-bond donors (Lipinski definition) is 2. The summed E-state index contributed by atoms with van der Waals surface area (Å²) in [4.78, 5) is 9.61. The Labute approximate surface area is 203 Å². The van der Waals surface area contributed by atoms with Gasteiger partial charge in [0.25, 0.3) is 0 Å². The van der Waals surface area contributed by atoms with E-state index in [0.717, 1.165) is 31.9 Å². The van der Waals surface area contributed by atoms with Crippen LogP contribution in [0.4, 0.5) is 15.9 Å². The number of benzene rings is 2. The molecule has 5 rings (SSSR count). The molecule has 0 unspecified atom stereocenters. The molecule has 9 heteroatoms. The predicted octanol–water partition coefficient (Wildman–Crippen LogP) is 6.49. The third kappa shape index (κ3) is 4.86. The fourth-order valence-corrected chi connectivity index (χ4v) is 4.42. The highest BCUT2D eigenvalue weighted by atomic mass is 35.5. The molecule has 2 aromatic carbocycles. The molecule has 0 aliphatic carbocycles. The van der Waals surface area contributed by atoms with Crippen LogP contribution in [-0.4, -0.2) is 20.2 Å². The number of hydrogen-bond acceptors (Lipinski definition) is 6. The van der Waals surface area contributed by atoms with Gasteiger partial charge < -0.3 is 10.1 Å². The van der Waals surface area contributed by atoms with Crippen molar-refractivity contribution in [3.05, 3.63) is 94.1 Å². The van der Waals surface area contributed by atoms with Gasteiger partial charge in [0, 0.05) is 11.9 Å². The molecule has 0 saturated heterocycles. The first-order valence-corrected chi connectivity index (χ1v) is 11.5. The van der Waals surface area contributed by atoms with Crippen molar-refractivity contribution in [3.8, 4) is 17.6 Å². The van der Waals surface area contributed by atoms with Gasteiger partial charge in [0.15, 0.2) is 5.82 Å². The maximum atomic E-state index is 13.5. The summed E-state index contributed by atoms with van der Waals surface area (Å²) >= 11 is 7.98. The number of halogens is 2. The van der Waals surface area contributed by atoms with E-state index in [2.05, 4.69) is 37.3 Å². The van der Waals surface area contributed by atoms with Gasteiger partial charge in [-0.1, -0.05) is 35.6 Å². The third-order valence-corrected chi connectivity index (χ3v) is 6.30. The number of anilines is 2. The van der Waals surface area contributed by atoms with Gasteiger partial charge in [-0.3, -0.25) is 5.10 Å². The van der Waals surface area contributed by atoms with Crippen molar-refractivity contribution in [1.82, 2.24) is 20.2 Å². The van der Waals surface area contributed by atoms with Gasteiger partial charge in [-0.25, -0.2) is 14.4 Å². The lowest BCUT2D eigenvalue weighted by atomic mass is 10.1. The molecule has 0 aliphatic rings. The lowest BCUT2D eigenvalue weighted by molar-refractivity contribution is 0.226. The van der Waals surface area contributed by atoms with Crippen LogP contribution in [0.3, 0.4) is 0 Å². The Bertz CT molecular complexity index is 1520. The van der Waals surface area contributed by atoms with Crippen LogP contribution in [-0.2, 0) is 0 Å². The average molecular weight is 490 g/mol. The molecule has 0 fully saturated rings. The van der Waals surface area contributed by atoms with Crippen LogP contribution in [0.5, 0.6) is 5.75 Å². The molecule has 1 atom stereocenters. The highest BCUT2D eigenvalue weighted by Gasteiger charge is 2.13. The molecule has 3 heterocycles. The van der Waals surface area contributed by atoms with Crippen molar-refractivity contribution in [1.29, 1.82) is 0 Å². The summed E-state index contributed by atoms with van der Waals surface area (Å²) in [5.41, 5.74) is 3.08. The first-order valence-electron chi connectivity index (χ1n) is 10.3. The number of rotatable bonds is 5. The summed E-state index contributed by atoms with van der Waals surface area (Å²) in [6.07, 6.45) is 4.55. The minimum atomic E-state index is -0.360. The Morgan fingerprint density at radius 2 is 2.06 bits per heavy atom. The maximum absolute atomic E-state index is 13.5. The average Bonchev–Trinajstić information content (AvgIpc) is 3.49. The van der Waals surface area contributed by atoms with Crippen molar-refractivity contribution in [2.45, 2.75) is 13.0 Å². The van der Waals surface area contributed by atoms with Crippen molar-refractivity contribution < 1.29 is 9.13 Å². The Hall–Kier alpha value is -3.93. The molecule has 0 amide bonds. The van der Waals surface area contributed by atoms with Crippen molar-refractivity contribution >= 4 is 44.7 Å². The van der Waals surface area contributed by atoms with Gasteiger partial charge in [-0.2, -0.15) is 5.10 Å². The number of fused-ring (bicyclic) bond motifs is 1. The molecule has 0 radical (unpaired) electrons. The molecule has 34 heavy (non-hydrogen) atoms. The molecule has 168 valence electrons. The first-order chi connectivity index (χ1) is 16.5. The number of aromatic amines is 1. The van der Waals surface area contributed by atoms with E-state index in [1.807, 2.05) is 25.1 Å². The number of thiophene rings is 1. The fourth-order valence-electron chi connectivity index (χ4n) is 3.29. The second-order valence-electron chi connectivity index (χ2n) is 7.37. The van der Waals surface area contributed by atoms with Gasteiger partial charge in [0.2, 0.25) is 0 Å². The highest BCUT2D eigenvalue weighted by Crippen LogP contribution is 2.34. The zero-order valence-corrected chi connectivity index (χ0v) is 19.4. The van der Waals surface area contributed by atoms with Crippen molar-refractivity contribution in [2.24, 2.45) is 0 Å². The predicted molar refractivity (Wildman–Crippen MR) is 132 cm³/mol. The number of aromatic nitrogens is 4. The third-order valence-electron chi connectivity index (χ3n) is 4.96. The molecular formula is C25H17ClFN5OS. The summed E-state index contributed by atoms with van der Waals surface area (Å²) in [5.74, 6) is 7.05. The van der Waals surface area contributed by atoms with E-state index in [-0.39, 0.29) is 11.9 Å². The molecule has 3 aromatic heterocycles. The van der Waals surface area contributed by atoms with E-state index in [0.29, 0.717) is 16.6 Å². The largest absolute Gasteiger partial charge is 0.484 e. The molecular weight excluding hydrogens is 473 g/mol. The van der Waals surface area contributed by atoms with Gasteiger partial charge in [0.05, 0.1) is 31.9 Å². The zero-order valence-electron chi connectivity index (χ0n) is 17.8. The molecule has 0 bridgehead atoms. The van der Waals surface area contributed by atoms with Gasteiger partial charge in [-0.05, 0) is 48.9 Å². The standard InChI is InChI=1S/C25H17ClFN5OS/c1-15(17-3-2-4-18(27)9-17)33-23-8-6-19(10-21(23)26)32-25-24-22(28-14-29-25)11-20(34-24)7-5-16-12-30-31-13-16/h2-4,6,8-15H,1H3,(H,30,31)(H,28,29,32)/t15-/m1/s1. The number of nitrogens with one attached hydrogen (secondary N) is 2. The molecule has 0 aliphatic heterocycles. The van der Waals surface area contributed by atoms with Gasteiger partial charge in [0.1, 0.15) is 24.0 Å². The fraction of sp³-hybridized carbons (Fsp3) is 0.0800. The van der Waals surface area contributed by atoms with E-state index >= 15 is 0 Å². The summed E-state index contributed by atoms with van der Waals surface area (Å²) in [6.45, 7) is 1.85. The SMILES string of the molecule is C[C@@H](Oc1ccc(Nc2ncnc3cc(C#Cc4cn[nH]c4)sc23)cc1Cl)c1cccc(F)c1. The minimum Gasteiger partial charge on any atom is -0.484 e. The smallest absolute Gasteiger partial charge is 0.151 e. The first kappa shape index (κ1) is 21.9. The van der Waals surface area contributed by atoms with Crippen LogP contribution in [0.25, 0.3) is 10.2 Å². The summed E-state index contributed by atoms with van der Waals surface area (Å²) in [7, 11) is 0. The van der Waals surface area contributed by atoms with Crippen LogP contribution in [0.15, 0.2) is 67.3 Å². The number of nitrogens with zero attached hydrogens (tertiary/aromatic N) is 3. The Morgan fingerprint density at radius 3 is 2.85 bits per heavy atom. The normalized spacial score (nSPS) is 11.6. The van der Waals surface area contributed by atoms with E-state index in [9.17, 15) is 4.39 Å². The van der Waals surface area contributed by atoms with Gasteiger partial charge in [-0.15, -0.1) is 11.3 Å². The van der Waals surface area contributed by atoms with Gasteiger partial charge >= 0.3 is 0 Å².